The molecule has 1 fully saturated rings. The van der Waals surface area contributed by atoms with Crippen molar-refractivity contribution < 1.29 is 22.8 Å². The van der Waals surface area contributed by atoms with Crippen LogP contribution in [0.4, 0.5) is 23.7 Å². The Hall–Kier alpha value is -3.03. The normalized spacial score (nSPS) is 14.2. The first-order chi connectivity index (χ1) is 12.8. The minimum absolute atomic E-state index is 0.163. The average Bonchev–Trinajstić information content (AvgIpc) is 3.07. The Bertz CT molecular complexity index is 818. The van der Waals surface area contributed by atoms with E-state index >= 15 is 0 Å². The van der Waals surface area contributed by atoms with Gasteiger partial charge in [-0.3, -0.25) is 9.69 Å². The van der Waals surface area contributed by atoms with E-state index in [0.29, 0.717) is 42.9 Å². The summed E-state index contributed by atoms with van der Waals surface area (Å²) < 4.78 is 37.6. The van der Waals surface area contributed by atoms with Crippen LogP contribution >= 0.6 is 0 Å². The van der Waals surface area contributed by atoms with E-state index in [1.165, 1.54) is 12.1 Å². The molecule has 8 heteroatoms. The molecular weight excluding hydrogens is 359 g/mol. The van der Waals surface area contributed by atoms with Gasteiger partial charge in [0.25, 0.3) is 5.91 Å². The third kappa shape index (κ3) is 4.58. The van der Waals surface area contributed by atoms with Gasteiger partial charge in [-0.05, 0) is 48.4 Å². The van der Waals surface area contributed by atoms with Crippen molar-refractivity contribution in [2.75, 3.05) is 24.5 Å². The molecule has 2 aromatic rings. The lowest BCUT2D eigenvalue weighted by Crippen LogP contribution is -2.28. The Labute approximate surface area is 154 Å². The SMILES string of the molecule is O=C(NCCc1ccc(C(F)(F)F)cc1)c1ccc(N2CCNC2=O)cc1. The number of alkyl halides is 3. The number of rotatable bonds is 5. The molecule has 0 radical (unpaired) electrons. The number of hydrogen-bond donors (Lipinski definition) is 2. The number of nitrogens with zero attached hydrogens (tertiary/aromatic N) is 1. The van der Waals surface area contributed by atoms with Gasteiger partial charge in [0.1, 0.15) is 0 Å². The molecule has 0 bridgehead atoms. The highest BCUT2D eigenvalue weighted by atomic mass is 19.4. The van der Waals surface area contributed by atoms with Crippen molar-refractivity contribution in [2.24, 2.45) is 0 Å². The first kappa shape index (κ1) is 18.8. The summed E-state index contributed by atoms with van der Waals surface area (Å²) in [6, 6.07) is 11.4. The van der Waals surface area contributed by atoms with Gasteiger partial charge in [-0.2, -0.15) is 13.2 Å². The van der Waals surface area contributed by atoms with Crippen molar-refractivity contribution in [1.82, 2.24) is 10.6 Å². The zero-order valence-corrected chi connectivity index (χ0v) is 14.3. The lowest BCUT2D eigenvalue weighted by atomic mass is 10.1. The summed E-state index contributed by atoms with van der Waals surface area (Å²) >= 11 is 0. The van der Waals surface area contributed by atoms with Crippen molar-refractivity contribution in [1.29, 1.82) is 0 Å². The van der Waals surface area contributed by atoms with Crippen LogP contribution in [0.25, 0.3) is 0 Å². The predicted molar refractivity (Wildman–Crippen MR) is 94.7 cm³/mol. The average molecular weight is 377 g/mol. The zero-order chi connectivity index (χ0) is 19.4. The van der Waals surface area contributed by atoms with Gasteiger partial charge in [0, 0.05) is 30.9 Å². The maximum absolute atomic E-state index is 12.5. The second kappa shape index (κ2) is 7.69. The fraction of sp³-hybridized carbons (Fsp3) is 0.263. The Balaban J connectivity index is 1.51. The molecule has 1 aliphatic heterocycles. The van der Waals surface area contributed by atoms with E-state index in [9.17, 15) is 22.8 Å². The van der Waals surface area contributed by atoms with Gasteiger partial charge < -0.3 is 10.6 Å². The first-order valence-electron chi connectivity index (χ1n) is 8.44. The second-order valence-electron chi connectivity index (χ2n) is 6.13. The number of carbonyl (C=O) groups is 2. The van der Waals surface area contributed by atoms with E-state index in [2.05, 4.69) is 10.6 Å². The van der Waals surface area contributed by atoms with Crippen LogP contribution in [0.5, 0.6) is 0 Å². The molecule has 0 aromatic heterocycles. The van der Waals surface area contributed by atoms with Gasteiger partial charge in [-0.25, -0.2) is 4.79 Å². The molecule has 0 saturated carbocycles. The molecule has 2 N–H and O–H groups in total. The zero-order valence-electron chi connectivity index (χ0n) is 14.3. The van der Waals surface area contributed by atoms with Gasteiger partial charge in [-0.15, -0.1) is 0 Å². The maximum Gasteiger partial charge on any atom is 0.416 e. The highest BCUT2D eigenvalue weighted by Crippen LogP contribution is 2.29. The van der Waals surface area contributed by atoms with Gasteiger partial charge in [-0.1, -0.05) is 12.1 Å². The van der Waals surface area contributed by atoms with Crippen LogP contribution in [0.15, 0.2) is 48.5 Å². The summed E-state index contributed by atoms with van der Waals surface area (Å²) in [5.74, 6) is -0.278. The van der Waals surface area contributed by atoms with Crippen LogP contribution in [0.3, 0.4) is 0 Å². The van der Waals surface area contributed by atoms with Crippen LogP contribution in [-0.4, -0.2) is 31.6 Å². The smallest absolute Gasteiger partial charge is 0.352 e. The summed E-state index contributed by atoms with van der Waals surface area (Å²) in [5.41, 5.74) is 1.18. The molecule has 0 atom stereocenters. The van der Waals surface area contributed by atoms with E-state index in [1.54, 1.807) is 29.2 Å². The summed E-state index contributed by atoms with van der Waals surface area (Å²) in [5, 5.41) is 5.44. The minimum atomic E-state index is -4.35. The highest BCUT2D eigenvalue weighted by Gasteiger charge is 2.29. The Morgan fingerprint density at radius 2 is 1.74 bits per heavy atom. The van der Waals surface area contributed by atoms with Crippen LogP contribution in [0.2, 0.25) is 0 Å². The summed E-state index contributed by atoms with van der Waals surface area (Å²) in [4.78, 5) is 25.4. The van der Waals surface area contributed by atoms with E-state index in [-0.39, 0.29) is 11.9 Å². The molecule has 1 saturated heterocycles. The predicted octanol–water partition coefficient (Wildman–Crippen LogP) is 3.21. The number of halogens is 3. The molecule has 1 heterocycles. The third-order valence-corrected chi connectivity index (χ3v) is 4.28. The summed E-state index contributed by atoms with van der Waals surface area (Å²) in [7, 11) is 0. The maximum atomic E-state index is 12.5. The number of carbonyl (C=O) groups excluding carboxylic acids is 2. The van der Waals surface area contributed by atoms with Crippen LogP contribution in [0.1, 0.15) is 21.5 Å². The summed E-state index contributed by atoms with van der Waals surface area (Å²) in [6.07, 6.45) is -3.93. The largest absolute Gasteiger partial charge is 0.416 e. The molecule has 1 aliphatic rings. The molecule has 2 aromatic carbocycles. The van der Waals surface area contributed by atoms with Crippen molar-refractivity contribution in [2.45, 2.75) is 12.6 Å². The molecule has 3 amide bonds. The molecular formula is C19H18F3N3O2. The van der Waals surface area contributed by atoms with Crippen molar-refractivity contribution in [3.05, 3.63) is 65.2 Å². The topological polar surface area (TPSA) is 61.4 Å². The van der Waals surface area contributed by atoms with Crippen LogP contribution < -0.4 is 15.5 Å². The Morgan fingerprint density at radius 3 is 2.30 bits per heavy atom. The Kier molecular flexibility index (Phi) is 5.34. The molecule has 0 unspecified atom stereocenters. The molecule has 5 nitrogen and oxygen atoms in total. The monoisotopic (exact) mass is 377 g/mol. The lowest BCUT2D eigenvalue weighted by Gasteiger charge is -2.14. The summed E-state index contributed by atoms with van der Waals surface area (Å²) in [6.45, 7) is 1.48. The number of anilines is 1. The molecule has 27 heavy (non-hydrogen) atoms. The van der Waals surface area contributed by atoms with Gasteiger partial charge in [0.05, 0.1) is 5.56 Å². The molecule has 0 aliphatic carbocycles. The molecule has 3 rings (SSSR count). The van der Waals surface area contributed by atoms with Gasteiger partial charge in [0.15, 0.2) is 0 Å². The number of urea groups is 1. The van der Waals surface area contributed by atoms with Crippen LogP contribution in [-0.2, 0) is 12.6 Å². The van der Waals surface area contributed by atoms with Crippen LogP contribution in [0, 0.1) is 0 Å². The fourth-order valence-electron chi connectivity index (χ4n) is 2.79. The van der Waals surface area contributed by atoms with Gasteiger partial charge in [0.2, 0.25) is 0 Å². The second-order valence-corrected chi connectivity index (χ2v) is 6.13. The Morgan fingerprint density at radius 1 is 1.07 bits per heavy atom. The minimum Gasteiger partial charge on any atom is -0.352 e. The van der Waals surface area contributed by atoms with Gasteiger partial charge >= 0.3 is 12.2 Å². The van der Waals surface area contributed by atoms with E-state index < -0.39 is 11.7 Å². The molecule has 142 valence electrons. The number of hydrogen-bond acceptors (Lipinski definition) is 2. The van der Waals surface area contributed by atoms with E-state index in [4.69, 9.17) is 0 Å². The van der Waals surface area contributed by atoms with Crippen molar-refractivity contribution >= 4 is 17.6 Å². The van der Waals surface area contributed by atoms with Crippen molar-refractivity contribution in [3.8, 4) is 0 Å². The van der Waals surface area contributed by atoms with E-state index in [0.717, 1.165) is 12.1 Å². The third-order valence-electron chi connectivity index (χ3n) is 4.28. The highest BCUT2D eigenvalue weighted by molar-refractivity contribution is 5.97. The van der Waals surface area contributed by atoms with Crippen molar-refractivity contribution in [3.63, 3.8) is 0 Å². The first-order valence-corrected chi connectivity index (χ1v) is 8.44. The lowest BCUT2D eigenvalue weighted by molar-refractivity contribution is -0.137. The molecule has 0 spiro atoms. The quantitative estimate of drug-likeness (QED) is 0.841. The number of nitrogens with one attached hydrogen (secondary N) is 2. The number of benzene rings is 2. The fourth-order valence-corrected chi connectivity index (χ4v) is 2.79. The standard InChI is InChI=1S/C19H18F3N3O2/c20-19(21,22)15-5-1-13(2-6-15)9-10-23-17(26)14-3-7-16(8-4-14)25-12-11-24-18(25)27/h1-8H,9-12H2,(H,23,26)(H,24,27). The van der Waals surface area contributed by atoms with E-state index in [1.807, 2.05) is 0 Å². The number of amides is 3.